The Morgan fingerprint density at radius 2 is 2.36 bits per heavy atom. The highest BCUT2D eigenvalue weighted by atomic mass is 16.5. The summed E-state index contributed by atoms with van der Waals surface area (Å²) in [5.74, 6) is 0.380. The molecule has 0 radical (unpaired) electrons. The number of esters is 1. The molecule has 0 amide bonds. The summed E-state index contributed by atoms with van der Waals surface area (Å²) < 4.78 is 4.87. The molecule has 76 valence electrons. The van der Waals surface area contributed by atoms with Crippen LogP contribution in [0.3, 0.4) is 0 Å². The van der Waals surface area contributed by atoms with Crippen molar-refractivity contribution in [2.75, 3.05) is 6.61 Å². The molecule has 1 fully saturated rings. The molecule has 14 heavy (non-hydrogen) atoms. The van der Waals surface area contributed by atoms with Crippen LogP contribution in [0.15, 0.2) is 12.2 Å². The zero-order chi connectivity index (χ0) is 10.1. The lowest BCUT2D eigenvalue weighted by atomic mass is 9.91. The van der Waals surface area contributed by atoms with E-state index in [1.807, 2.05) is 12.2 Å². The van der Waals surface area contributed by atoms with Crippen molar-refractivity contribution in [2.45, 2.75) is 19.8 Å². The minimum Gasteiger partial charge on any atom is -0.466 e. The summed E-state index contributed by atoms with van der Waals surface area (Å²) in [6.45, 7) is 2.22. The predicted octanol–water partition coefficient (Wildman–Crippen LogP) is 1.33. The fourth-order valence-electron chi connectivity index (χ4n) is 2.39. The second kappa shape index (κ2) is 3.56. The molecular weight excluding hydrogens is 180 g/mol. The molecule has 0 aromatic rings. The van der Waals surface area contributed by atoms with E-state index in [-0.39, 0.29) is 23.7 Å². The zero-order valence-corrected chi connectivity index (χ0v) is 8.23. The van der Waals surface area contributed by atoms with E-state index in [9.17, 15) is 9.59 Å². The number of carbonyl (C=O) groups is 2. The van der Waals surface area contributed by atoms with E-state index in [1.165, 1.54) is 0 Å². The molecule has 3 nitrogen and oxygen atoms in total. The van der Waals surface area contributed by atoms with Crippen molar-refractivity contribution in [2.24, 2.45) is 17.8 Å². The van der Waals surface area contributed by atoms with Crippen LogP contribution in [0.5, 0.6) is 0 Å². The van der Waals surface area contributed by atoms with E-state index in [0.717, 1.165) is 6.42 Å². The smallest absolute Gasteiger partial charge is 0.306 e. The van der Waals surface area contributed by atoms with E-state index in [4.69, 9.17) is 4.74 Å². The van der Waals surface area contributed by atoms with Crippen LogP contribution in [-0.2, 0) is 14.3 Å². The lowest BCUT2D eigenvalue weighted by Crippen LogP contribution is -2.16. The van der Waals surface area contributed by atoms with Gasteiger partial charge in [-0.1, -0.05) is 12.2 Å². The first-order chi connectivity index (χ1) is 6.72. The van der Waals surface area contributed by atoms with Crippen molar-refractivity contribution >= 4 is 11.8 Å². The van der Waals surface area contributed by atoms with Crippen LogP contribution < -0.4 is 0 Å². The number of fused-ring (bicyclic) bond motifs is 2. The summed E-state index contributed by atoms with van der Waals surface area (Å²) in [5, 5.41) is 0. The molecule has 0 spiro atoms. The molecule has 3 heteroatoms. The van der Waals surface area contributed by atoms with Crippen LogP contribution in [0.2, 0.25) is 0 Å². The van der Waals surface area contributed by atoms with Gasteiger partial charge in [-0.15, -0.1) is 0 Å². The van der Waals surface area contributed by atoms with Crippen LogP contribution in [0, 0.1) is 17.8 Å². The molecule has 2 aliphatic carbocycles. The molecule has 0 N–H and O–H groups in total. The van der Waals surface area contributed by atoms with E-state index in [2.05, 4.69) is 0 Å². The Labute approximate surface area is 83.1 Å². The largest absolute Gasteiger partial charge is 0.466 e. The Bertz CT molecular complexity index is 293. The van der Waals surface area contributed by atoms with Gasteiger partial charge in [0.25, 0.3) is 0 Å². The summed E-state index contributed by atoms with van der Waals surface area (Å²) in [7, 11) is 0. The second-order valence-corrected chi connectivity index (χ2v) is 3.92. The van der Waals surface area contributed by atoms with Gasteiger partial charge in [0.05, 0.1) is 6.61 Å². The first kappa shape index (κ1) is 9.44. The lowest BCUT2D eigenvalue weighted by Gasteiger charge is -2.14. The van der Waals surface area contributed by atoms with Crippen molar-refractivity contribution in [3.63, 3.8) is 0 Å². The highest BCUT2D eigenvalue weighted by Gasteiger charge is 2.44. The van der Waals surface area contributed by atoms with Gasteiger partial charge >= 0.3 is 5.97 Å². The number of hydrogen-bond acceptors (Lipinski definition) is 3. The van der Waals surface area contributed by atoms with Crippen LogP contribution in [0.4, 0.5) is 0 Å². The second-order valence-electron chi connectivity index (χ2n) is 3.92. The van der Waals surface area contributed by atoms with Gasteiger partial charge in [-0.2, -0.15) is 0 Å². The Kier molecular flexibility index (Phi) is 2.40. The number of carbonyl (C=O) groups excluding carboxylic acids is 2. The lowest BCUT2D eigenvalue weighted by molar-refractivity contribution is -0.144. The van der Waals surface area contributed by atoms with Gasteiger partial charge in [-0.3, -0.25) is 9.59 Å². The van der Waals surface area contributed by atoms with Crippen molar-refractivity contribution < 1.29 is 14.3 Å². The number of ketones is 1. The minimum atomic E-state index is -0.175. The van der Waals surface area contributed by atoms with Gasteiger partial charge < -0.3 is 4.74 Å². The first-order valence-corrected chi connectivity index (χ1v) is 5.10. The molecular formula is C11H14O3. The minimum absolute atomic E-state index is 0.00981. The molecule has 2 bridgehead atoms. The van der Waals surface area contributed by atoms with Crippen LogP contribution in [0.1, 0.15) is 19.8 Å². The van der Waals surface area contributed by atoms with Crippen LogP contribution in [-0.4, -0.2) is 18.4 Å². The normalized spacial score (nSPS) is 33.8. The number of rotatable bonds is 3. The molecule has 0 saturated heterocycles. The topological polar surface area (TPSA) is 43.4 Å². The average Bonchev–Trinajstić information content (AvgIpc) is 2.61. The average molecular weight is 194 g/mol. The molecule has 0 aromatic carbocycles. The Morgan fingerprint density at radius 3 is 2.86 bits per heavy atom. The Balaban J connectivity index is 1.93. The van der Waals surface area contributed by atoms with E-state index < -0.39 is 0 Å². The number of hydrogen-bond donors (Lipinski definition) is 0. The molecule has 0 heterocycles. The van der Waals surface area contributed by atoms with Gasteiger partial charge in [0.1, 0.15) is 5.78 Å². The van der Waals surface area contributed by atoms with Crippen molar-refractivity contribution in [3.05, 3.63) is 12.2 Å². The molecule has 1 saturated carbocycles. The Hall–Kier alpha value is -1.12. The van der Waals surface area contributed by atoms with E-state index >= 15 is 0 Å². The van der Waals surface area contributed by atoms with Gasteiger partial charge in [0.15, 0.2) is 0 Å². The molecule has 0 aromatic heterocycles. The monoisotopic (exact) mass is 194 g/mol. The maximum absolute atomic E-state index is 11.5. The van der Waals surface area contributed by atoms with Crippen LogP contribution in [0.25, 0.3) is 0 Å². The maximum atomic E-state index is 11.5. The third kappa shape index (κ3) is 1.47. The SMILES string of the molecule is CCOC(=O)CC1CC2C=CC1C2=O. The van der Waals surface area contributed by atoms with Crippen LogP contribution >= 0.6 is 0 Å². The summed E-state index contributed by atoms with van der Waals surface area (Å²) in [6, 6.07) is 0. The summed E-state index contributed by atoms with van der Waals surface area (Å²) in [4.78, 5) is 22.7. The Morgan fingerprint density at radius 1 is 1.57 bits per heavy atom. The van der Waals surface area contributed by atoms with Gasteiger partial charge in [0, 0.05) is 18.3 Å². The van der Waals surface area contributed by atoms with Crippen molar-refractivity contribution in [1.82, 2.24) is 0 Å². The highest BCUT2D eigenvalue weighted by molar-refractivity contribution is 5.92. The fraction of sp³-hybridized carbons (Fsp3) is 0.636. The van der Waals surface area contributed by atoms with Crippen molar-refractivity contribution in [3.8, 4) is 0 Å². The van der Waals surface area contributed by atoms with Gasteiger partial charge in [-0.25, -0.2) is 0 Å². The summed E-state index contributed by atoms with van der Waals surface area (Å²) in [6.07, 6.45) is 5.14. The first-order valence-electron chi connectivity index (χ1n) is 5.10. The molecule has 2 rings (SSSR count). The zero-order valence-electron chi connectivity index (χ0n) is 8.23. The molecule has 2 aliphatic rings. The van der Waals surface area contributed by atoms with Gasteiger partial charge in [0.2, 0.25) is 0 Å². The predicted molar refractivity (Wildman–Crippen MR) is 50.5 cm³/mol. The van der Waals surface area contributed by atoms with E-state index in [1.54, 1.807) is 6.92 Å². The van der Waals surface area contributed by atoms with E-state index in [0.29, 0.717) is 18.8 Å². The molecule has 3 atom stereocenters. The highest BCUT2D eigenvalue weighted by Crippen LogP contribution is 2.42. The quantitative estimate of drug-likeness (QED) is 0.503. The molecule has 3 unspecified atom stereocenters. The standard InChI is InChI=1S/C11H14O3/c1-2-14-10(12)6-8-5-7-3-4-9(8)11(7)13/h3-4,7-9H,2,5-6H2,1H3. The third-order valence-corrected chi connectivity index (χ3v) is 3.04. The third-order valence-electron chi connectivity index (χ3n) is 3.04. The summed E-state index contributed by atoms with van der Waals surface area (Å²) >= 11 is 0. The molecule has 0 aliphatic heterocycles. The fourth-order valence-corrected chi connectivity index (χ4v) is 2.39. The number of ether oxygens (including phenoxy) is 1. The number of Topliss-reactive ketones (excluding diaryl/α,β-unsaturated/α-hetero) is 1. The van der Waals surface area contributed by atoms with Crippen molar-refractivity contribution in [1.29, 1.82) is 0 Å². The maximum Gasteiger partial charge on any atom is 0.306 e. The summed E-state index contributed by atoms with van der Waals surface area (Å²) in [5.41, 5.74) is 0. The van der Waals surface area contributed by atoms with Gasteiger partial charge in [-0.05, 0) is 19.3 Å². The number of allylic oxidation sites excluding steroid dienone is 2.